The Morgan fingerprint density at radius 1 is 0.607 bits per heavy atom. The molecule has 3 aromatic rings. The molecule has 0 nitrogen and oxygen atoms in total. The molecule has 0 saturated heterocycles. The van der Waals surface area contributed by atoms with E-state index in [-0.39, 0.29) is 0 Å². The van der Waals surface area contributed by atoms with Crippen LogP contribution < -0.4 is 15.9 Å². The first-order valence-electron chi connectivity index (χ1n) is 8.82. The topological polar surface area (TPSA) is 0 Å². The average molecular weight is 517 g/mol. The summed E-state index contributed by atoms with van der Waals surface area (Å²) in [4.78, 5) is 0. The summed E-state index contributed by atoms with van der Waals surface area (Å²) in [7, 11) is 15.6. The molecule has 0 heterocycles. The van der Waals surface area contributed by atoms with E-state index in [4.69, 9.17) is 40.4 Å². The van der Waals surface area contributed by atoms with Gasteiger partial charge < -0.3 is 0 Å². The van der Waals surface area contributed by atoms with Crippen molar-refractivity contribution in [3.8, 4) is 0 Å². The van der Waals surface area contributed by atoms with Gasteiger partial charge in [-0.3, -0.25) is 0 Å². The van der Waals surface area contributed by atoms with E-state index in [1.54, 1.807) is 0 Å². The van der Waals surface area contributed by atoms with Crippen LogP contribution in [0.5, 0.6) is 0 Å². The molecule has 0 atom stereocenters. The van der Waals surface area contributed by atoms with Crippen LogP contribution in [-0.2, 0) is 9.20 Å². The van der Waals surface area contributed by atoms with E-state index in [0.29, 0.717) is 5.92 Å². The second-order valence-electron chi connectivity index (χ2n) is 6.70. The van der Waals surface area contributed by atoms with E-state index in [9.17, 15) is 0 Å². The van der Waals surface area contributed by atoms with Gasteiger partial charge in [0.1, 0.15) is 23.2 Å². The van der Waals surface area contributed by atoms with Crippen molar-refractivity contribution in [1.82, 2.24) is 0 Å². The number of halogens is 4. The van der Waals surface area contributed by atoms with Gasteiger partial charge in [0.05, 0.1) is 6.16 Å². The molecule has 0 fully saturated rings. The third kappa shape index (κ3) is 7.23. The zero-order chi connectivity index (χ0) is 20.6. The van der Waals surface area contributed by atoms with Crippen LogP contribution in [0, 0.1) is 5.92 Å². The van der Waals surface area contributed by atoms with Gasteiger partial charge in [-0.2, -0.15) is 0 Å². The Morgan fingerprint density at radius 2 is 0.857 bits per heavy atom. The number of hydrogen-bond acceptors (Lipinski definition) is 0. The molecule has 0 radical (unpaired) electrons. The van der Waals surface area contributed by atoms with Crippen molar-refractivity contribution in [1.29, 1.82) is 0 Å². The second-order valence-corrected chi connectivity index (χ2v) is 21.2. The molecule has 28 heavy (non-hydrogen) atoms. The maximum atomic E-state index is 4.95. The van der Waals surface area contributed by atoms with Gasteiger partial charge in [0.15, 0.2) is 0 Å². The Kier molecular flexibility index (Phi) is 9.65. The van der Waals surface area contributed by atoms with Gasteiger partial charge in [0.2, 0.25) is 0 Å². The van der Waals surface area contributed by atoms with Crippen LogP contribution in [0.3, 0.4) is 0 Å². The first-order chi connectivity index (χ1) is 13.2. The third-order valence-corrected chi connectivity index (χ3v) is 9.05. The molecule has 0 aliphatic rings. The molecular weight excluding hydrogens is 493 g/mol. The van der Waals surface area contributed by atoms with E-state index in [0.717, 1.165) is 0 Å². The molecular formula is C22H24Cl4FeP. The molecule has 0 spiro atoms. The molecule has 0 unspecified atom stereocenters. The van der Waals surface area contributed by atoms with Gasteiger partial charge in [-0.25, -0.2) is 0 Å². The van der Waals surface area contributed by atoms with Crippen LogP contribution in [0.25, 0.3) is 0 Å². The van der Waals surface area contributed by atoms with Crippen molar-refractivity contribution in [2.75, 3.05) is 6.16 Å². The van der Waals surface area contributed by atoms with E-state index < -0.39 is 16.5 Å². The Balaban J connectivity index is 0.000000500. The van der Waals surface area contributed by atoms with Crippen LogP contribution in [0.2, 0.25) is 0 Å². The van der Waals surface area contributed by atoms with E-state index in [2.05, 4.69) is 105 Å². The molecule has 3 rings (SSSR count). The zero-order valence-electron chi connectivity index (χ0n) is 15.8. The molecule has 0 saturated carbocycles. The van der Waals surface area contributed by atoms with Crippen molar-refractivity contribution in [2.24, 2.45) is 5.92 Å². The van der Waals surface area contributed by atoms with Crippen LogP contribution in [0.4, 0.5) is 0 Å². The fourth-order valence-electron chi connectivity index (χ4n) is 3.36. The first kappa shape index (κ1) is 24.0. The predicted molar refractivity (Wildman–Crippen MR) is 128 cm³/mol. The summed E-state index contributed by atoms with van der Waals surface area (Å²) in [5.41, 5.74) is 0. The molecule has 3 aromatic carbocycles. The first-order valence-corrected chi connectivity index (χ1v) is 16.9. The number of hydrogen-bond donors (Lipinski definition) is 0. The van der Waals surface area contributed by atoms with Gasteiger partial charge in [-0.15, -0.1) is 0 Å². The van der Waals surface area contributed by atoms with Crippen LogP contribution >= 0.6 is 47.7 Å². The monoisotopic (exact) mass is 515 g/mol. The van der Waals surface area contributed by atoms with Gasteiger partial charge in [-0.05, 0) is 42.3 Å². The Bertz CT molecular complexity index is 719. The summed E-state index contributed by atoms with van der Waals surface area (Å²) in [6.45, 7) is 4.67. The second kappa shape index (κ2) is 11.2. The standard InChI is InChI=1S/C22H24P.4ClH.Fe/c1-19(2)18-23(20-12-6-3-7-13-20,21-14-8-4-9-15-21)22-16-10-5-11-17-22;;;;;/h3-17,19H,18H2,1-2H3;4*1H;/q+1;;;;;+3/p-4. The van der Waals surface area contributed by atoms with Crippen molar-refractivity contribution < 1.29 is 9.20 Å². The van der Waals surface area contributed by atoms with Crippen molar-refractivity contribution in [3.05, 3.63) is 91.0 Å². The van der Waals surface area contributed by atoms with E-state index in [1.165, 1.54) is 22.1 Å². The van der Waals surface area contributed by atoms with Gasteiger partial charge >= 0.3 is 49.6 Å². The van der Waals surface area contributed by atoms with Gasteiger partial charge in [-0.1, -0.05) is 68.4 Å². The van der Waals surface area contributed by atoms with Crippen LogP contribution in [0.15, 0.2) is 91.0 Å². The predicted octanol–water partition coefficient (Wildman–Crippen LogP) is 7.39. The maximum absolute atomic E-state index is 4.95. The summed E-state index contributed by atoms with van der Waals surface area (Å²) >= 11 is 0. The average Bonchev–Trinajstić information content (AvgIpc) is 2.67. The third-order valence-electron chi connectivity index (χ3n) is 4.23. The minimum absolute atomic E-state index is 0.643. The summed E-state index contributed by atoms with van der Waals surface area (Å²) in [5.74, 6) is 0.643. The van der Waals surface area contributed by atoms with E-state index >= 15 is 0 Å². The molecule has 6 heteroatoms. The summed E-state index contributed by atoms with van der Waals surface area (Å²) in [6.07, 6.45) is 1.20. The molecule has 0 aliphatic heterocycles. The van der Waals surface area contributed by atoms with Crippen molar-refractivity contribution in [3.63, 3.8) is 0 Å². The SMILES string of the molecule is CC(C)C[P+](c1ccccc1)(c1ccccc1)c1ccccc1.[Cl][Fe-]([Cl])([Cl])[Cl]. The summed E-state index contributed by atoms with van der Waals surface area (Å²) < 4.78 is 0. The zero-order valence-corrected chi connectivity index (χ0v) is 20.8. The number of benzene rings is 3. The van der Waals surface area contributed by atoms with Crippen molar-refractivity contribution >= 4 is 63.6 Å². The Morgan fingerprint density at radius 3 is 1.07 bits per heavy atom. The Hall–Kier alpha value is -0.231. The fourth-order valence-corrected chi connectivity index (χ4v) is 8.02. The Labute approximate surface area is 188 Å². The fraction of sp³-hybridized carbons (Fsp3) is 0.182. The molecule has 0 amide bonds. The molecule has 0 aromatic heterocycles. The van der Waals surface area contributed by atoms with Crippen LogP contribution in [-0.4, -0.2) is 6.16 Å². The molecule has 153 valence electrons. The van der Waals surface area contributed by atoms with Gasteiger partial charge in [0, 0.05) is 0 Å². The minimum atomic E-state index is -2.61. The normalized spacial score (nSPS) is 12.2. The molecule has 0 N–H and O–H groups in total. The summed E-state index contributed by atoms with van der Waals surface area (Å²) in [6, 6.07) is 33.3. The van der Waals surface area contributed by atoms with Crippen LogP contribution in [0.1, 0.15) is 13.8 Å². The van der Waals surface area contributed by atoms with Crippen molar-refractivity contribution in [2.45, 2.75) is 13.8 Å². The molecule has 0 bridgehead atoms. The van der Waals surface area contributed by atoms with Gasteiger partial charge in [0.25, 0.3) is 0 Å². The van der Waals surface area contributed by atoms with E-state index in [1.807, 2.05) is 0 Å². The summed E-state index contributed by atoms with van der Waals surface area (Å²) in [5, 5.41) is 4.43. The number of rotatable bonds is 5. The molecule has 0 aliphatic carbocycles. The quantitative estimate of drug-likeness (QED) is 0.245.